The molecule has 346 valence electrons. The monoisotopic (exact) mass is 908 g/mol. The van der Waals surface area contributed by atoms with Crippen LogP contribution in [0.15, 0.2) is 18.2 Å². The molecule has 3 N–H and O–H groups in total. The molecule has 2 aromatic rings. The summed E-state index contributed by atoms with van der Waals surface area (Å²) in [4.78, 5) is 66.9. The summed E-state index contributed by atoms with van der Waals surface area (Å²) in [6, 6.07) is 1.73. The fraction of sp³-hybridized carbons (Fsp3) is 0.721. The molecule has 1 aromatic heterocycles. The second-order valence-electron chi connectivity index (χ2n) is 19.8. The second kappa shape index (κ2) is 16.2. The number of carbonyl (C=O) groups is 4. The van der Waals surface area contributed by atoms with Crippen molar-refractivity contribution in [3.05, 3.63) is 23.9 Å². The predicted molar refractivity (Wildman–Crippen MR) is 218 cm³/mol. The number of nitrogens with one attached hydrogen (secondary N) is 3. The van der Waals surface area contributed by atoms with Crippen molar-refractivity contribution in [1.29, 1.82) is 0 Å². The summed E-state index contributed by atoms with van der Waals surface area (Å²) in [5.74, 6) is -7.23. The minimum atomic E-state index is -4.25. The van der Waals surface area contributed by atoms with Gasteiger partial charge in [0.1, 0.15) is 35.6 Å². The van der Waals surface area contributed by atoms with Gasteiger partial charge in [-0.1, -0.05) is 27.2 Å². The third-order valence-electron chi connectivity index (χ3n) is 14.4. The molecule has 3 heterocycles. The highest BCUT2D eigenvalue weighted by Gasteiger charge is 2.64. The summed E-state index contributed by atoms with van der Waals surface area (Å²) in [6.07, 6.45) is -3.35. The van der Waals surface area contributed by atoms with Gasteiger partial charge in [-0.15, -0.1) is 0 Å². The summed E-state index contributed by atoms with van der Waals surface area (Å²) < 4.78 is 105. The Morgan fingerprint density at radius 2 is 1.76 bits per heavy atom. The molecule has 4 saturated carbocycles. The zero-order chi connectivity index (χ0) is 45.4. The molecule has 63 heavy (non-hydrogen) atoms. The van der Waals surface area contributed by atoms with Crippen LogP contribution in [0.5, 0.6) is 11.6 Å². The van der Waals surface area contributed by atoms with E-state index in [9.17, 15) is 36.4 Å². The minimum Gasteiger partial charge on any atom is -0.497 e. The van der Waals surface area contributed by atoms with Gasteiger partial charge in [-0.05, 0) is 99.5 Å². The van der Waals surface area contributed by atoms with Crippen LogP contribution in [0.2, 0.25) is 0 Å². The molecule has 6 aliphatic rings. The number of amides is 4. The molecule has 0 radical (unpaired) electrons. The summed E-state index contributed by atoms with van der Waals surface area (Å²) in [5, 5.41) is 5.29. The third-order valence-corrected chi connectivity index (χ3v) is 16.6. The van der Waals surface area contributed by atoms with Crippen LogP contribution in [-0.4, -0.2) is 102 Å². The predicted octanol–water partition coefficient (Wildman–Crippen LogP) is 5.74. The van der Waals surface area contributed by atoms with Gasteiger partial charge in [0.2, 0.25) is 34.1 Å². The zero-order valence-corrected chi connectivity index (χ0v) is 36.9. The van der Waals surface area contributed by atoms with Crippen LogP contribution in [-0.2, 0) is 35.1 Å². The molecule has 8 rings (SSSR count). The molecule has 1 saturated heterocycles. The Kier molecular flexibility index (Phi) is 11.6. The fourth-order valence-electron chi connectivity index (χ4n) is 10.1. The summed E-state index contributed by atoms with van der Waals surface area (Å²) in [6.45, 7) is 6.14. The van der Waals surface area contributed by atoms with E-state index in [0.29, 0.717) is 30.9 Å². The van der Waals surface area contributed by atoms with E-state index in [0.717, 1.165) is 17.7 Å². The number of fused-ring (bicyclic) bond motifs is 7. The SMILES string of the molecule is COc1ccc2nc3c(nc2c1)O[C@@H]1C[C@@H](C(=O)N[C@]2(C(=O)NS(=O)(=O)C4(C)CC4)C[C@H]2CC(F)F)N(C1)C(=O)[C@H](C(C)(C)C)NC(=O)O[C@@H]1C[C@@H]2CC[C@@H]2[C@H]1CCCCC3(F)F. The first-order chi connectivity index (χ1) is 29.5. The van der Waals surface area contributed by atoms with Crippen LogP contribution in [0, 0.1) is 29.1 Å². The Balaban J connectivity index is 1.16. The van der Waals surface area contributed by atoms with Crippen molar-refractivity contribution >= 4 is 44.9 Å². The number of methoxy groups -OCH3 is 1. The van der Waals surface area contributed by atoms with Crippen molar-refractivity contribution in [2.45, 2.75) is 152 Å². The zero-order valence-electron chi connectivity index (χ0n) is 36.1. The number of alkyl carbamates (subject to hydrolysis) is 1. The summed E-state index contributed by atoms with van der Waals surface area (Å²) in [5.41, 5.74) is -3.47. The molecule has 5 fully saturated rings. The van der Waals surface area contributed by atoms with Crippen LogP contribution in [0.3, 0.4) is 0 Å². The van der Waals surface area contributed by atoms with Gasteiger partial charge < -0.3 is 29.7 Å². The van der Waals surface area contributed by atoms with Crippen LogP contribution >= 0.6 is 0 Å². The van der Waals surface area contributed by atoms with E-state index in [1.54, 1.807) is 26.8 Å². The standard InChI is InChI=1S/C43H56F4N6O9S/c1-40(2,3)34-37(55)53-21-25(19-30(53)35(54)51-42(20-23(42)17-32(44)45)38(56)52-63(58,59)41(4)14-15-41)61-36-33(48-28-12-10-24(60-5)18-29(28)49-36)43(46,47)13-7-6-8-27-26-11-9-22(26)16-31(27)62-39(57)50-34/h10,12,18,22-23,25-27,30-32,34H,6-9,11,13-17,19-21H2,1-5H3,(H,50,57)(H,51,54)(H,52,56)/t22-,23+,25+,26-,27+,30-,31+,34+,42+/m0/s1. The van der Waals surface area contributed by atoms with Gasteiger partial charge in [0.15, 0.2) is 5.69 Å². The van der Waals surface area contributed by atoms with E-state index in [4.69, 9.17) is 14.2 Å². The van der Waals surface area contributed by atoms with E-state index in [2.05, 4.69) is 20.6 Å². The first kappa shape index (κ1) is 45.1. The van der Waals surface area contributed by atoms with E-state index < -0.39 is 123 Å². The molecule has 15 nitrogen and oxygen atoms in total. The van der Waals surface area contributed by atoms with Gasteiger partial charge in [-0.2, -0.15) is 8.78 Å². The van der Waals surface area contributed by atoms with Crippen LogP contribution in [0.1, 0.15) is 110 Å². The fourth-order valence-corrected chi connectivity index (χ4v) is 11.4. The lowest BCUT2D eigenvalue weighted by molar-refractivity contribution is -0.143. The number of aromatic nitrogens is 2. The number of carbonyl (C=O) groups excluding carboxylic acids is 4. The first-order valence-electron chi connectivity index (χ1n) is 21.9. The van der Waals surface area contributed by atoms with E-state index in [-0.39, 0.29) is 55.0 Å². The Labute approximate surface area is 363 Å². The summed E-state index contributed by atoms with van der Waals surface area (Å²) >= 11 is 0. The number of benzene rings is 1. The van der Waals surface area contributed by atoms with Crippen molar-refractivity contribution in [2.75, 3.05) is 13.7 Å². The Hall–Kier alpha value is -4.49. The molecular weight excluding hydrogens is 853 g/mol. The molecular formula is C43H56F4N6O9S. The van der Waals surface area contributed by atoms with Gasteiger partial charge in [-0.25, -0.2) is 32.0 Å². The first-order valence-corrected chi connectivity index (χ1v) is 23.4. The van der Waals surface area contributed by atoms with Crippen molar-refractivity contribution in [3.8, 4) is 11.6 Å². The van der Waals surface area contributed by atoms with Crippen LogP contribution < -0.4 is 24.8 Å². The van der Waals surface area contributed by atoms with E-state index in [1.165, 1.54) is 26.2 Å². The maximum Gasteiger partial charge on any atom is 0.408 e. The molecule has 1 aromatic carbocycles. The molecule has 20 heteroatoms. The van der Waals surface area contributed by atoms with E-state index in [1.807, 2.05) is 4.72 Å². The average molecular weight is 909 g/mol. The van der Waals surface area contributed by atoms with Crippen molar-refractivity contribution in [1.82, 2.24) is 30.2 Å². The number of hydrogen-bond donors (Lipinski definition) is 3. The minimum absolute atomic E-state index is 0.0597. The van der Waals surface area contributed by atoms with Crippen molar-refractivity contribution in [3.63, 3.8) is 0 Å². The van der Waals surface area contributed by atoms with Crippen molar-refractivity contribution < 1.29 is 59.4 Å². The highest BCUT2D eigenvalue weighted by Crippen LogP contribution is 2.54. The average Bonchev–Trinajstić information content (AvgIpc) is 4.04. The van der Waals surface area contributed by atoms with E-state index >= 15 is 8.78 Å². The number of hydrogen-bond acceptors (Lipinski definition) is 11. The maximum absolute atomic E-state index is 16.5. The topological polar surface area (TPSA) is 195 Å². The van der Waals surface area contributed by atoms with Crippen molar-refractivity contribution in [2.24, 2.45) is 29.1 Å². The maximum atomic E-state index is 16.5. The van der Waals surface area contributed by atoms with Gasteiger partial charge in [0, 0.05) is 25.3 Å². The smallest absolute Gasteiger partial charge is 0.408 e. The molecule has 2 aliphatic heterocycles. The number of nitrogens with zero attached hydrogens (tertiary/aromatic N) is 3. The number of sulfonamides is 1. The van der Waals surface area contributed by atoms with Gasteiger partial charge in [-0.3, -0.25) is 19.1 Å². The normalized spacial score (nSPS) is 32.6. The number of halogens is 4. The number of ether oxygens (including phenoxy) is 3. The molecule has 4 amide bonds. The molecule has 2 bridgehead atoms. The van der Waals surface area contributed by atoms with Gasteiger partial charge >= 0.3 is 6.09 Å². The molecule has 0 spiro atoms. The molecule has 0 unspecified atom stereocenters. The van der Waals surface area contributed by atoms with Crippen LogP contribution in [0.4, 0.5) is 22.4 Å². The Bertz CT molecular complexity index is 2280. The lowest BCUT2D eigenvalue weighted by Gasteiger charge is -2.36. The number of alkyl halides is 4. The third kappa shape index (κ3) is 8.73. The quantitative estimate of drug-likeness (QED) is 0.274. The lowest BCUT2D eigenvalue weighted by atomic mass is 9.71. The van der Waals surface area contributed by atoms with Gasteiger partial charge in [0.05, 0.1) is 29.4 Å². The molecule has 4 aliphatic carbocycles. The Morgan fingerprint density at radius 1 is 1.02 bits per heavy atom. The highest BCUT2D eigenvalue weighted by molar-refractivity contribution is 7.91. The number of rotatable bonds is 8. The highest BCUT2D eigenvalue weighted by atomic mass is 32.2. The lowest BCUT2D eigenvalue weighted by Crippen LogP contribution is -2.60. The molecule has 9 atom stereocenters. The van der Waals surface area contributed by atoms with Crippen LogP contribution in [0.25, 0.3) is 11.0 Å². The van der Waals surface area contributed by atoms with Gasteiger partial charge in [0.25, 0.3) is 11.8 Å². The largest absolute Gasteiger partial charge is 0.497 e. The Morgan fingerprint density at radius 3 is 2.41 bits per heavy atom. The summed E-state index contributed by atoms with van der Waals surface area (Å²) in [7, 11) is -2.82. The second-order valence-corrected chi connectivity index (χ2v) is 22.0.